The van der Waals surface area contributed by atoms with Gasteiger partial charge in [0.2, 0.25) is 5.91 Å². The van der Waals surface area contributed by atoms with E-state index >= 15 is 0 Å². The van der Waals surface area contributed by atoms with Crippen molar-refractivity contribution in [2.24, 2.45) is 0 Å². The van der Waals surface area contributed by atoms with Gasteiger partial charge in [0.1, 0.15) is 23.9 Å². The number of carbonyl (C=O) groups excluding carboxylic acids is 2. The molecular formula is C28H32ClFN4O4. The van der Waals surface area contributed by atoms with Crippen molar-refractivity contribution in [1.82, 2.24) is 14.7 Å². The molecule has 38 heavy (non-hydrogen) atoms. The van der Waals surface area contributed by atoms with E-state index in [0.29, 0.717) is 42.8 Å². The van der Waals surface area contributed by atoms with E-state index < -0.39 is 6.03 Å². The van der Waals surface area contributed by atoms with Gasteiger partial charge in [0.25, 0.3) is 0 Å². The van der Waals surface area contributed by atoms with E-state index in [9.17, 15) is 14.0 Å². The van der Waals surface area contributed by atoms with Crippen LogP contribution in [0.3, 0.4) is 0 Å². The monoisotopic (exact) mass is 542 g/mol. The van der Waals surface area contributed by atoms with Crippen LogP contribution in [0.15, 0.2) is 65.1 Å². The second-order valence-corrected chi connectivity index (χ2v) is 9.64. The Morgan fingerprint density at radius 2 is 1.79 bits per heavy atom. The van der Waals surface area contributed by atoms with Crippen molar-refractivity contribution in [1.29, 1.82) is 0 Å². The van der Waals surface area contributed by atoms with Crippen LogP contribution in [-0.4, -0.2) is 72.6 Å². The normalized spacial score (nSPS) is 13.8. The lowest BCUT2D eigenvalue weighted by Gasteiger charge is -2.31. The van der Waals surface area contributed by atoms with Crippen LogP contribution in [0.4, 0.5) is 14.9 Å². The highest BCUT2D eigenvalue weighted by molar-refractivity contribution is 6.30. The van der Waals surface area contributed by atoms with Crippen LogP contribution in [0, 0.1) is 12.7 Å². The number of ether oxygens (including phenoxy) is 1. The zero-order valence-corrected chi connectivity index (χ0v) is 22.1. The first kappa shape index (κ1) is 27.6. The van der Waals surface area contributed by atoms with Gasteiger partial charge in [-0.2, -0.15) is 0 Å². The van der Waals surface area contributed by atoms with Crippen molar-refractivity contribution in [2.75, 3.05) is 51.3 Å². The molecule has 8 nitrogen and oxygen atoms in total. The Bertz CT molecular complexity index is 1210. The lowest BCUT2D eigenvalue weighted by Crippen LogP contribution is -2.48. The molecule has 2 aromatic carbocycles. The van der Waals surface area contributed by atoms with Crippen LogP contribution in [0.1, 0.15) is 17.1 Å². The summed E-state index contributed by atoms with van der Waals surface area (Å²) in [4.78, 5) is 32.3. The number of nitrogens with zero attached hydrogens (tertiary/aromatic N) is 3. The number of rotatable bonds is 10. The minimum absolute atomic E-state index is 0.141. The molecule has 1 N–H and O–H groups in total. The van der Waals surface area contributed by atoms with Crippen LogP contribution in [-0.2, 0) is 22.6 Å². The van der Waals surface area contributed by atoms with Gasteiger partial charge in [0.05, 0.1) is 19.8 Å². The second-order valence-electron chi connectivity index (χ2n) is 9.20. The predicted molar refractivity (Wildman–Crippen MR) is 143 cm³/mol. The second kappa shape index (κ2) is 13.4. The van der Waals surface area contributed by atoms with E-state index in [0.717, 1.165) is 24.4 Å². The summed E-state index contributed by atoms with van der Waals surface area (Å²) in [6.45, 7) is 5.93. The highest BCUT2D eigenvalue weighted by Crippen LogP contribution is 2.17. The fraction of sp³-hybridized carbons (Fsp3) is 0.357. The topological polar surface area (TPSA) is 78.3 Å². The molecule has 0 atom stereocenters. The van der Waals surface area contributed by atoms with Crippen LogP contribution < -0.4 is 5.32 Å². The highest BCUT2D eigenvalue weighted by Gasteiger charge is 2.24. The Labute approximate surface area is 226 Å². The van der Waals surface area contributed by atoms with Crippen molar-refractivity contribution in [2.45, 2.75) is 20.0 Å². The minimum Gasteiger partial charge on any atom is -0.464 e. The van der Waals surface area contributed by atoms with Gasteiger partial charge < -0.3 is 24.3 Å². The zero-order chi connectivity index (χ0) is 26.9. The molecule has 0 saturated carbocycles. The summed E-state index contributed by atoms with van der Waals surface area (Å²) in [5, 5.41) is 3.35. The van der Waals surface area contributed by atoms with Crippen LogP contribution in [0.25, 0.3) is 0 Å². The molecule has 2 heterocycles. The number of morpholine rings is 1. The van der Waals surface area contributed by atoms with E-state index in [1.165, 1.54) is 17.0 Å². The molecule has 1 aromatic heterocycles. The molecule has 1 fully saturated rings. The third-order valence-electron chi connectivity index (χ3n) is 6.26. The van der Waals surface area contributed by atoms with Gasteiger partial charge in [0.15, 0.2) is 0 Å². The summed E-state index contributed by atoms with van der Waals surface area (Å²) >= 11 is 6.09. The Balaban J connectivity index is 1.50. The van der Waals surface area contributed by atoms with Gasteiger partial charge >= 0.3 is 6.03 Å². The number of carbonyl (C=O) groups is 2. The first-order chi connectivity index (χ1) is 18.4. The predicted octanol–water partition coefficient (Wildman–Crippen LogP) is 4.78. The van der Waals surface area contributed by atoms with E-state index in [4.69, 9.17) is 20.8 Å². The van der Waals surface area contributed by atoms with Crippen LogP contribution in [0.2, 0.25) is 5.02 Å². The lowest BCUT2D eigenvalue weighted by atomic mass is 10.2. The van der Waals surface area contributed by atoms with Gasteiger partial charge in [-0.25, -0.2) is 9.18 Å². The van der Waals surface area contributed by atoms with Crippen molar-refractivity contribution in [3.05, 3.63) is 88.6 Å². The van der Waals surface area contributed by atoms with Gasteiger partial charge in [-0.05, 0) is 55.0 Å². The number of benzene rings is 2. The molecule has 0 aliphatic carbocycles. The zero-order valence-electron chi connectivity index (χ0n) is 21.4. The Morgan fingerprint density at radius 1 is 1.03 bits per heavy atom. The molecular weight excluding hydrogens is 511 g/mol. The average Bonchev–Trinajstić information content (AvgIpc) is 3.32. The molecule has 10 heteroatoms. The van der Waals surface area contributed by atoms with E-state index in [1.807, 2.05) is 19.1 Å². The average molecular weight is 543 g/mol. The third-order valence-corrected chi connectivity index (χ3v) is 6.50. The van der Waals surface area contributed by atoms with Gasteiger partial charge in [-0.15, -0.1) is 0 Å². The van der Waals surface area contributed by atoms with Gasteiger partial charge in [0, 0.05) is 43.4 Å². The van der Waals surface area contributed by atoms with Crippen molar-refractivity contribution in [3.8, 4) is 0 Å². The number of nitrogens with one attached hydrogen (secondary N) is 1. The van der Waals surface area contributed by atoms with Crippen LogP contribution >= 0.6 is 11.6 Å². The lowest BCUT2D eigenvalue weighted by molar-refractivity contribution is -0.133. The minimum atomic E-state index is -0.399. The maximum Gasteiger partial charge on any atom is 0.322 e. The largest absolute Gasteiger partial charge is 0.464 e. The van der Waals surface area contributed by atoms with Crippen molar-refractivity contribution >= 4 is 29.2 Å². The Morgan fingerprint density at radius 3 is 2.47 bits per heavy atom. The molecule has 0 radical (unpaired) electrons. The fourth-order valence-corrected chi connectivity index (χ4v) is 4.36. The number of amides is 3. The first-order valence-corrected chi connectivity index (χ1v) is 12.9. The summed E-state index contributed by atoms with van der Waals surface area (Å²) in [6.07, 6.45) is 0. The number of furan rings is 1. The van der Waals surface area contributed by atoms with Crippen molar-refractivity contribution < 1.29 is 23.1 Å². The summed E-state index contributed by atoms with van der Waals surface area (Å²) < 4.78 is 24.6. The number of urea groups is 1. The van der Waals surface area contributed by atoms with Gasteiger partial charge in [-0.3, -0.25) is 9.69 Å². The number of hydrogen-bond acceptors (Lipinski definition) is 5. The molecule has 0 spiro atoms. The molecule has 1 aliphatic heterocycles. The Kier molecular flexibility index (Phi) is 9.75. The third kappa shape index (κ3) is 8.31. The highest BCUT2D eigenvalue weighted by atomic mass is 35.5. The smallest absolute Gasteiger partial charge is 0.322 e. The number of hydrogen-bond donors (Lipinski definition) is 1. The quantitative estimate of drug-likeness (QED) is 0.399. The van der Waals surface area contributed by atoms with Crippen LogP contribution in [0.5, 0.6) is 0 Å². The molecule has 4 rings (SSSR count). The summed E-state index contributed by atoms with van der Waals surface area (Å²) in [5.41, 5.74) is 1.31. The van der Waals surface area contributed by atoms with E-state index in [-0.39, 0.29) is 31.4 Å². The molecule has 0 unspecified atom stereocenters. The number of halogens is 2. The molecule has 3 aromatic rings. The SMILES string of the molecule is Cc1ccc(CN(Cc2ccc(F)cc2)C(=O)CN(CCN2CCOCC2)C(=O)Nc2cccc(Cl)c2)o1. The maximum atomic E-state index is 13.6. The number of aryl methyl sites for hydroxylation is 1. The number of anilines is 1. The summed E-state index contributed by atoms with van der Waals surface area (Å²) in [5.74, 6) is 0.760. The summed E-state index contributed by atoms with van der Waals surface area (Å²) in [7, 11) is 0. The maximum absolute atomic E-state index is 13.6. The molecule has 202 valence electrons. The van der Waals surface area contributed by atoms with Gasteiger partial charge in [-0.1, -0.05) is 29.8 Å². The Hall–Kier alpha value is -3.40. The van der Waals surface area contributed by atoms with Crippen molar-refractivity contribution in [3.63, 3.8) is 0 Å². The van der Waals surface area contributed by atoms with E-state index in [2.05, 4.69) is 10.2 Å². The molecule has 3 amide bonds. The first-order valence-electron chi connectivity index (χ1n) is 12.5. The fourth-order valence-electron chi connectivity index (χ4n) is 4.17. The molecule has 1 saturated heterocycles. The molecule has 1 aliphatic rings. The molecule has 0 bridgehead atoms. The summed E-state index contributed by atoms with van der Waals surface area (Å²) in [6, 6.07) is 16.1. The standard InChI is InChI=1S/C28H32ClFN4O4/c1-21-5-10-26(38-21)19-34(18-22-6-8-24(30)9-7-22)27(35)20-33(12-11-32-13-15-37-16-14-32)28(36)31-25-4-2-3-23(29)17-25/h2-10,17H,11-16,18-20H2,1H3,(H,31,36). The van der Waals surface area contributed by atoms with E-state index in [1.54, 1.807) is 41.3 Å².